The van der Waals surface area contributed by atoms with Crippen molar-refractivity contribution >= 4 is 17.9 Å². The summed E-state index contributed by atoms with van der Waals surface area (Å²) in [6, 6.07) is 0. The zero-order valence-corrected chi connectivity index (χ0v) is 38.3. The van der Waals surface area contributed by atoms with Crippen molar-refractivity contribution in [3.05, 3.63) is 48.6 Å². The van der Waals surface area contributed by atoms with E-state index in [0.717, 1.165) is 89.9 Å². The molecular weight excluding hydrogens is 721 g/mol. The summed E-state index contributed by atoms with van der Waals surface area (Å²) < 4.78 is 16.7. The lowest BCUT2D eigenvalue weighted by Crippen LogP contribution is -2.30. The van der Waals surface area contributed by atoms with Crippen LogP contribution in [0.3, 0.4) is 0 Å². The van der Waals surface area contributed by atoms with Gasteiger partial charge in [-0.3, -0.25) is 14.4 Å². The molecule has 0 fully saturated rings. The van der Waals surface area contributed by atoms with Crippen LogP contribution in [0.15, 0.2) is 48.6 Å². The molecule has 0 heterocycles. The van der Waals surface area contributed by atoms with Crippen molar-refractivity contribution in [2.24, 2.45) is 0 Å². The van der Waals surface area contributed by atoms with Crippen LogP contribution in [0, 0.1) is 0 Å². The molecule has 1 unspecified atom stereocenters. The van der Waals surface area contributed by atoms with Crippen LogP contribution in [0.25, 0.3) is 0 Å². The molecule has 0 aromatic heterocycles. The summed E-state index contributed by atoms with van der Waals surface area (Å²) in [5.74, 6) is -0.927. The number of rotatable bonds is 44. The van der Waals surface area contributed by atoms with Gasteiger partial charge in [-0.25, -0.2) is 0 Å². The van der Waals surface area contributed by atoms with Gasteiger partial charge in [-0.05, 0) is 70.6 Å². The molecule has 0 aromatic rings. The molecule has 0 radical (unpaired) electrons. The molecule has 0 rings (SSSR count). The summed E-state index contributed by atoms with van der Waals surface area (Å²) in [6.45, 7) is 6.38. The molecule has 1 atom stereocenters. The summed E-state index contributed by atoms with van der Waals surface area (Å²) in [6.07, 6.45) is 55.4. The second-order valence-corrected chi connectivity index (χ2v) is 16.3. The number of hydrogen-bond donors (Lipinski definition) is 0. The van der Waals surface area contributed by atoms with E-state index < -0.39 is 6.10 Å². The Morgan fingerprint density at radius 3 is 1.07 bits per heavy atom. The zero-order valence-electron chi connectivity index (χ0n) is 38.3. The average Bonchev–Trinajstić information content (AvgIpc) is 3.22. The third kappa shape index (κ3) is 44.5. The SMILES string of the molecule is CC/C=C\C/C=C\CCCCCCCCCC(=O)OC(COC(=O)CCCC/C=C\C/C=C\CC)COC(=O)CCCCCCCCCCCCCCCCCCC. The molecule has 0 bridgehead atoms. The molecular formula is C52H92O6. The van der Waals surface area contributed by atoms with Crippen LogP contribution in [0.2, 0.25) is 0 Å². The van der Waals surface area contributed by atoms with Crippen LogP contribution >= 0.6 is 0 Å². The van der Waals surface area contributed by atoms with Crippen LogP contribution in [0.4, 0.5) is 0 Å². The average molecular weight is 813 g/mol. The fourth-order valence-electron chi connectivity index (χ4n) is 6.93. The Hall–Kier alpha value is -2.63. The first kappa shape index (κ1) is 55.4. The summed E-state index contributed by atoms with van der Waals surface area (Å²) in [7, 11) is 0. The van der Waals surface area contributed by atoms with Gasteiger partial charge in [0.1, 0.15) is 13.2 Å². The zero-order chi connectivity index (χ0) is 42.3. The van der Waals surface area contributed by atoms with E-state index in [1.54, 1.807) is 0 Å². The number of allylic oxidation sites excluding steroid dienone is 8. The largest absolute Gasteiger partial charge is 0.462 e. The number of ether oxygens (including phenoxy) is 3. The number of carbonyl (C=O) groups is 3. The maximum absolute atomic E-state index is 12.7. The first-order valence-electron chi connectivity index (χ1n) is 24.6. The van der Waals surface area contributed by atoms with Crippen LogP contribution in [0.1, 0.15) is 245 Å². The second-order valence-electron chi connectivity index (χ2n) is 16.3. The minimum atomic E-state index is -0.785. The lowest BCUT2D eigenvalue weighted by atomic mass is 10.0. The smallest absolute Gasteiger partial charge is 0.306 e. The van der Waals surface area contributed by atoms with Crippen molar-refractivity contribution in [1.82, 2.24) is 0 Å². The molecule has 0 spiro atoms. The summed E-state index contributed by atoms with van der Waals surface area (Å²) >= 11 is 0. The van der Waals surface area contributed by atoms with Crippen LogP contribution in [-0.2, 0) is 28.6 Å². The molecule has 0 aromatic carbocycles. The van der Waals surface area contributed by atoms with Crippen LogP contribution in [0.5, 0.6) is 0 Å². The van der Waals surface area contributed by atoms with Gasteiger partial charge in [0, 0.05) is 19.3 Å². The molecule has 0 aliphatic carbocycles. The first-order chi connectivity index (χ1) is 28.5. The summed E-state index contributed by atoms with van der Waals surface area (Å²) in [4.78, 5) is 37.8. The monoisotopic (exact) mass is 813 g/mol. The molecule has 0 saturated heterocycles. The normalized spacial score (nSPS) is 12.4. The van der Waals surface area contributed by atoms with E-state index in [2.05, 4.69) is 69.4 Å². The third-order valence-electron chi connectivity index (χ3n) is 10.6. The van der Waals surface area contributed by atoms with Gasteiger partial charge < -0.3 is 14.2 Å². The Balaban J connectivity index is 4.31. The van der Waals surface area contributed by atoms with E-state index in [4.69, 9.17) is 14.2 Å². The Kier molecular flexibility index (Phi) is 44.9. The summed E-state index contributed by atoms with van der Waals surface area (Å²) in [5, 5.41) is 0. The maximum Gasteiger partial charge on any atom is 0.306 e. The van der Waals surface area contributed by atoms with Gasteiger partial charge in [-0.15, -0.1) is 0 Å². The highest BCUT2D eigenvalue weighted by Gasteiger charge is 2.19. The predicted octanol–water partition coefficient (Wildman–Crippen LogP) is 15.9. The van der Waals surface area contributed by atoms with Crippen molar-refractivity contribution < 1.29 is 28.6 Å². The van der Waals surface area contributed by atoms with Gasteiger partial charge in [0.15, 0.2) is 6.10 Å². The Bertz CT molecular complexity index is 1030. The van der Waals surface area contributed by atoms with Gasteiger partial charge in [-0.1, -0.05) is 204 Å². The Labute approximate surface area is 358 Å². The highest BCUT2D eigenvalue weighted by molar-refractivity contribution is 5.71. The Morgan fingerprint density at radius 2 is 0.672 bits per heavy atom. The van der Waals surface area contributed by atoms with E-state index in [0.29, 0.717) is 19.3 Å². The van der Waals surface area contributed by atoms with E-state index in [-0.39, 0.29) is 31.1 Å². The van der Waals surface area contributed by atoms with E-state index >= 15 is 0 Å². The van der Waals surface area contributed by atoms with Crippen molar-refractivity contribution in [3.63, 3.8) is 0 Å². The minimum Gasteiger partial charge on any atom is -0.462 e. The number of esters is 3. The van der Waals surface area contributed by atoms with Gasteiger partial charge in [0.2, 0.25) is 0 Å². The molecule has 0 aliphatic heterocycles. The van der Waals surface area contributed by atoms with Crippen LogP contribution < -0.4 is 0 Å². The molecule has 0 aliphatic rings. The number of unbranched alkanes of at least 4 members (excludes halogenated alkanes) is 25. The maximum atomic E-state index is 12.7. The lowest BCUT2D eigenvalue weighted by molar-refractivity contribution is -0.167. The predicted molar refractivity (Wildman–Crippen MR) is 247 cm³/mol. The fraction of sp³-hybridized carbons (Fsp3) is 0.788. The molecule has 58 heavy (non-hydrogen) atoms. The van der Waals surface area contributed by atoms with E-state index in [1.807, 2.05) is 0 Å². The van der Waals surface area contributed by atoms with Gasteiger partial charge >= 0.3 is 17.9 Å². The van der Waals surface area contributed by atoms with Crippen LogP contribution in [-0.4, -0.2) is 37.2 Å². The molecule has 6 nitrogen and oxygen atoms in total. The highest BCUT2D eigenvalue weighted by atomic mass is 16.6. The first-order valence-corrected chi connectivity index (χ1v) is 24.6. The van der Waals surface area contributed by atoms with E-state index in [1.165, 1.54) is 116 Å². The van der Waals surface area contributed by atoms with Gasteiger partial charge in [0.25, 0.3) is 0 Å². The van der Waals surface area contributed by atoms with E-state index in [9.17, 15) is 14.4 Å². The number of hydrogen-bond acceptors (Lipinski definition) is 6. The Morgan fingerprint density at radius 1 is 0.362 bits per heavy atom. The fourth-order valence-corrected chi connectivity index (χ4v) is 6.93. The summed E-state index contributed by atoms with van der Waals surface area (Å²) in [5.41, 5.74) is 0. The molecule has 6 heteroatoms. The van der Waals surface area contributed by atoms with Crippen molar-refractivity contribution in [1.29, 1.82) is 0 Å². The topological polar surface area (TPSA) is 78.9 Å². The molecule has 0 amide bonds. The third-order valence-corrected chi connectivity index (χ3v) is 10.6. The second kappa shape index (κ2) is 47.1. The van der Waals surface area contributed by atoms with Gasteiger partial charge in [-0.2, -0.15) is 0 Å². The molecule has 336 valence electrons. The quantitative estimate of drug-likeness (QED) is 0.0264. The highest BCUT2D eigenvalue weighted by Crippen LogP contribution is 2.16. The van der Waals surface area contributed by atoms with Crippen molar-refractivity contribution in [2.45, 2.75) is 252 Å². The van der Waals surface area contributed by atoms with Crippen molar-refractivity contribution in [2.75, 3.05) is 13.2 Å². The standard InChI is InChI=1S/C52H92O6/c1-4-7-10-13-16-19-21-23-25-26-27-29-30-33-36-39-42-45-51(54)57-48-49(47-56-50(53)44-41-38-35-32-18-15-12-9-6-3)58-52(55)46-43-40-37-34-31-28-24-22-20-17-14-11-8-5-2/h8-9,11-12,17-18,20,32,49H,4-7,10,13-16,19,21-31,33-48H2,1-3H3/b11-8-,12-9-,20-17-,32-18-. The minimum absolute atomic E-state index is 0.0846. The molecule has 0 N–H and O–H groups in total. The molecule has 0 saturated carbocycles. The van der Waals surface area contributed by atoms with Crippen molar-refractivity contribution in [3.8, 4) is 0 Å². The lowest BCUT2D eigenvalue weighted by Gasteiger charge is -2.18. The van der Waals surface area contributed by atoms with Gasteiger partial charge in [0.05, 0.1) is 0 Å². The number of carbonyl (C=O) groups excluding carboxylic acids is 3.